The molecule has 0 aliphatic heterocycles. The minimum Gasteiger partial charge on any atom is -0.466 e. The van der Waals surface area contributed by atoms with Gasteiger partial charge in [-0.2, -0.15) is 0 Å². The van der Waals surface area contributed by atoms with Gasteiger partial charge >= 0.3 is 23.9 Å². The highest BCUT2D eigenvalue weighted by molar-refractivity contribution is 6.36. The van der Waals surface area contributed by atoms with Crippen molar-refractivity contribution in [3.63, 3.8) is 0 Å². The number of halogens is 1. The van der Waals surface area contributed by atoms with Crippen LogP contribution in [0.4, 0.5) is 5.82 Å². The summed E-state index contributed by atoms with van der Waals surface area (Å²) >= 11 is 0. The number of hydrogen-bond acceptors (Lipinski definition) is 13. The summed E-state index contributed by atoms with van der Waals surface area (Å²) < 4.78 is 18.6. The van der Waals surface area contributed by atoms with Gasteiger partial charge in [-0.05, 0) is 47.6 Å². The Kier molecular flexibility index (Phi) is 22.2. The van der Waals surface area contributed by atoms with Crippen LogP contribution in [0.5, 0.6) is 0 Å². The third kappa shape index (κ3) is 17.9. The van der Waals surface area contributed by atoms with E-state index in [9.17, 15) is 28.8 Å². The normalized spacial score (nSPS) is 9.08. The Morgan fingerprint density at radius 2 is 1.33 bits per heavy atom. The monoisotopic (exact) mass is 576 g/mol. The molecule has 0 aliphatic rings. The van der Waals surface area contributed by atoms with Crippen molar-refractivity contribution in [3.05, 3.63) is 22.9 Å². The highest BCUT2D eigenvalue weighted by atomic mass is 35.5. The molecule has 15 heteroatoms. The van der Waals surface area contributed by atoms with Crippen LogP contribution in [-0.4, -0.2) is 72.7 Å². The smallest absolute Gasteiger partial charge is 0.375 e. The fourth-order valence-corrected chi connectivity index (χ4v) is 2.36. The van der Waals surface area contributed by atoms with Crippen LogP contribution in [0.2, 0.25) is 0 Å². The second kappa shape index (κ2) is 22.0. The molecule has 0 aromatic carbocycles. The SMILES string of the molecule is CCOC(=O)C(=O)CC(C)=O.CCOC(=O)CC(=N)N.CCOC(=O)c1cc(C)nc(N)c1C(=O)OCC.Cl. The Morgan fingerprint density at radius 3 is 1.77 bits per heavy atom. The second-order valence-corrected chi connectivity index (χ2v) is 7.04. The van der Waals surface area contributed by atoms with E-state index < -0.39 is 29.7 Å². The lowest BCUT2D eigenvalue weighted by Gasteiger charge is -2.11. The second-order valence-electron chi connectivity index (χ2n) is 7.04. The number of nitrogens with zero attached hydrogens (tertiary/aromatic N) is 1. The first kappa shape index (κ1) is 39.4. The number of ketones is 2. The maximum absolute atomic E-state index is 11.8. The largest absolute Gasteiger partial charge is 0.466 e. The predicted molar refractivity (Wildman–Crippen MR) is 143 cm³/mol. The summed E-state index contributed by atoms with van der Waals surface area (Å²) in [5, 5.41) is 6.68. The van der Waals surface area contributed by atoms with Crippen LogP contribution in [0.1, 0.15) is 73.9 Å². The van der Waals surface area contributed by atoms with Crippen LogP contribution >= 0.6 is 12.4 Å². The number of nitrogens with one attached hydrogen (secondary N) is 1. The molecule has 1 aromatic rings. The number of aromatic nitrogens is 1. The van der Waals surface area contributed by atoms with Crippen LogP contribution in [-0.2, 0) is 38.1 Å². The summed E-state index contributed by atoms with van der Waals surface area (Å²) in [5.41, 5.74) is 11.1. The number of carbonyl (C=O) groups excluding carboxylic acids is 6. The van der Waals surface area contributed by atoms with Gasteiger partial charge in [0, 0.05) is 5.69 Å². The number of aryl methyl sites for hydroxylation is 1. The van der Waals surface area contributed by atoms with Crippen molar-refractivity contribution < 1.29 is 47.7 Å². The van der Waals surface area contributed by atoms with E-state index in [1.807, 2.05) is 0 Å². The van der Waals surface area contributed by atoms with Gasteiger partial charge in [0.25, 0.3) is 0 Å². The molecule has 0 bridgehead atoms. The van der Waals surface area contributed by atoms with Crippen molar-refractivity contribution in [2.45, 2.75) is 54.4 Å². The fourth-order valence-electron chi connectivity index (χ4n) is 2.36. The molecule has 39 heavy (non-hydrogen) atoms. The molecule has 0 atom stereocenters. The highest BCUT2D eigenvalue weighted by Gasteiger charge is 2.23. The van der Waals surface area contributed by atoms with Gasteiger partial charge in [0.1, 0.15) is 29.4 Å². The molecule has 0 spiro atoms. The Hall–Kier alpha value is -4.07. The maximum atomic E-state index is 11.8. The number of ether oxygens (including phenoxy) is 4. The highest BCUT2D eigenvalue weighted by Crippen LogP contribution is 2.19. The van der Waals surface area contributed by atoms with Gasteiger partial charge in [-0.1, -0.05) is 0 Å². The molecule has 0 fully saturated rings. The first-order chi connectivity index (χ1) is 17.7. The van der Waals surface area contributed by atoms with E-state index >= 15 is 0 Å². The molecule has 0 radical (unpaired) electrons. The number of nitrogens with two attached hydrogens (primary N) is 2. The zero-order chi connectivity index (χ0) is 29.8. The Morgan fingerprint density at radius 1 is 0.846 bits per heavy atom. The zero-order valence-electron chi connectivity index (χ0n) is 22.9. The minimum atomic E-state index is -0.928. The number of pyridine rings is 1. The van der Waals surface area contributed by atoms with Gasteiger partial charge in [-0.15, -0.1) is 12.4 Å². The van der Waals surface area contributed by atoms with Crippen molar-refractivity contribution in [1.82, 2.24) is 4.98 Å². The molecule has 0 amide bonds. The Labute approximate surface area is 233 Å². The first-order valence-corrected chi connectivity index (χ1v) is 11.5. The van der Waals surface area contributed by atoms with E-state index in [2.05, 4.69) is 14.5 Å². The quantitative estimate of drug-likeness (QED) is 0.0851. The third-order valence-electron chi connectivity index (χ3n) is 3.70. The molecule has 14 nitrogen and oxygen atoms in total. The van der Waals surface area contributed by atoms with Gasteiger partial charge in [-0.3, -0.25) is 19.8 Å². The first-order valence-electron chi connectivity index (χ1n) is 11.5. The summed E-state index contributed by atoms with van der Waals surface area (Å²) in [4.78, 5) is 69.4. The van der Waals surface area contributed by atoms with E-state index in [4.69, 9.17) is 26.4 Å². The van der Waals surface area contributed by atoms with Crippen LogP contribution in [0, 0.1) is 12.3 Å². The molecule has 220 valence electrons. The van der Waals surface area contributed by atoms with Crippen molar-refractivity contribution in [3.8, 4) is 0 Å². The van der Waals surface area contributed by atoms with Gasteiger partial charge in [0.05, 0.1) is 38.4 Å². The van der Waals surface area contributed by atoms with Gasteiger partial charge in [0.15, 0.2) is 0 Å². The van der Waals surface area contributed by atoms with E-state index in [1.54, 1.807) is 34.6 Å². The number of Topliss-reactive ketones (excluding diaryl/α,β-unsaturated/α-hetero) is 2. The van der Waals surface area contributed by atoms with Gasteiger partial charge < -0.3 is 30.4 Å². The number of esters is 4. The number of carbonyl (C=O) groups is 6. The topological polar surface area (TPSA) is 228 Å². The zero-order valence-corrected chi connectivity index (χ0v) is 23.7. The third-order valence-corrected chi connectivity index (χ3v) is 3.70. The number of nitrogen functional groups attached to an aromatic ring is 1. The molecule has 0 saturated carbocycles. The number of amidine groups is 1. The van der Waals surface area contributed by atoms with Crippen molar-refractivity contribution in [2.24, 2.45) is 5.73 Å². The summed E-state index contributed by atoms with van der Waals surface area (Å²) in [5.74, 6) is -3.96. The average molecular weight is 577 g/mol. The molecule has 1 rings (SSSR count). The van der Waals surface area contributed by atoms with Crippen molar-refractivity contribution in [2.75, 3.05) is 32.2 Å². The lowest BCUT2D eigenvalue weighted by Crippen LogP contribution is -2.19. The summed E-state index contributed by atoms with van der Waals surface area (Å²) in [6.45, 7) is 10.5. The molecular formula is C24H37ClN4O10. The van der Waals surface area contributed by atoms with E-state index in [-0.39, 0.29) is 73.6 Å². The van der Waals surface area contributed by atoms with Crippen molar-refractivity contribution in [1.29, 1.82) is 5.41 Å². The number of anilines is 1. The Bertz CT molecular complexity index is 1010. The van der Waals surface area contributed by atoms with Crippen LogP contribution < -0.4 is 11.5 Å². The minimum absolute atomic E-state index is 0. The van der Waals surface area contributed by atoms with E-state index in [0.717, 1.165) is 0 Å². The van der Waals surface area contributed by atoms with Crippen molar-refractivity contribution >= 4 is 59.5 Å². The molecule has 0 unspecified atom stereocenters. The van der Waals surface area contributed by atoms with Gasteiger partial charge in [0.2, 0.25) is 5.78 Å². The molecule has 1 heterocycles. The van der Waals surface area contributed by atoms with Crippen LogP contribution in [0.25, 0.3) is 0 Å². The fraction of sp³-hybridized carbons (Fsp3) is 0.500. The predicted octanol–water partition coefficient (Wildman–Crippen LogP) is 1.72. The summed E-state index contributed by atoms with van der Waals surface area (Å²) in [7, 11) is 0. The number of hydrogen-bond donors (Lipinski definition) is 3. The standard InChI is InChI=1S/C12H16N2O4.C7H10O4.C5H10N2O2.ClH/c1-4-17-11(15)8-6-7(3)14-10(13)9(8)12(16)18-5-2;1-3-11-7(10)6(9)4-5(2)8;1-2-9-5(8)3-4(6)7;/h6H,4-5H2,1-3H3,(H2,13,14);3-4H2,1-2H3;2-3H2,1H3,(H3,6,7);1H. The summed E-state index contributed by atoms with van der Waals surface area (Å²) in [6, 6.07) is 1.46. The van der Waals surface area contributed by atoms with Crippen LogP contribution in [0.3, 0.4) is 0 Å². The van der Waals surface area contributed by atoms with Gasteiger partial charge in [-0.25, -0.2) is 19.4 Å². The molecule has 0 aliphatic carbocycles. The number of rotatable bonds is 11. The lowest BCUT2D eigenvalue weighted by atomic mass is 10.1. The molecule has 1 aromatic heterocycles. The Balaban J connectivity index is -0.000000533. The maximum Gasteiger partial charge on any atom is 0.375 e. The van der Waals surface area contributed by atoms with Crippen LogP contribution in [0.15, 0.2) is 6.07 Å². The lowest BCUT2D eigenvalue weighted by molar-refractivity contribution is -0.154. The average Bonchev–Trinajstić information content (AvgIpc) is 2.79. The summed E-state index contributed by atoms with van der Waals surface area (Å²) in [6.07, 6.45) is -0.466. The molecule has 0 saturated heterocycles. The van der Waals surface area contributed by atoms with E-state index in [1.165, 1.54) is 13.0 Å². The van der Waals surface area contributed by atoms with E-state index in [0.29, 0.717) is 12.3 Å². The molecular weight excluding hydrogens is 540 g/mol. The molecule has 5 N–H and O–H groups in total.